The van der Waals surface area contributed by atoms with E-state index in [1.54, 1.807) is 18.7 Å². The predicted octanol–water partition coefficient (Wildman–Crippen LogP) is -0.152. The van der Waals surface area contributed by atoms with Crippen molar-refractivity contribution in [3.05, 3.63) is 26.5 Å². The van der Waals surface area contributed by atoms with Crippen LogP contribution < -0.4 is 11.1 Å². The SMILES string of the molecule is Cn1c(C2CC2)nc2c(=O)n(C)n(C)c(=O)c21. The number of hydrogen-bond donors (Lipinski definition) is 0. The van der Waals surface area contributed by atoms with Gasteiger partial charge in [-0.25, -0.2) is 14.3 Å². The molecule has 0 N–H and O–H groups in total. The van der Waals surface area contributed by atoms with Gasteiger partial charge in [-0.15, -0.1) is 0 Å². The van der Waals surface area contributed by atoms with E-state index in [4.69, 9.17) is 0 Å². The molecule has 0 aliphatic heterocycles. The number of aryl methyl sites for hydroxylation is 1. The highest BCUT2D eigenvalue weighted by molar-refractivity contribution is 5.74. The first kappa shape index (κ1) is 10.3. The summed E-state index contributed by atoms with van der Waals surface area (Å²) < 4.78 is 4.40. The molecule has 6 nitrogen and oxygen atoms in total. The Morgan fingerprint density at radius 1 is 1.06 bits per heavy atom. The van der Waals surface area contributed by atoms with Crippen LogP contribution in [0.25, 0.3) is 11.0 Å². The maximum absolute atomic E-state index is 12.1. The van der Waals surface area contributed by atoms with Crippen molar-refractivity contribution in [2.24, 2.45) is 21.1 Å². The molecule has 0 bridgehead atoms. The third-order valence-electron chi connectivity index (χ3n) is 3.52. The van der Waals surface area contributed by atoms with Gasteiger partial charge in [0, 0.05) is 27.1 Å². The smallest absolute Gasteiger partial charge is 0.293 e. The van der Waals surface area contributed by atoms with Crippen LogP contribution in [0.2, 0.25) is 0 Å². The fraction of sp³-hybridized carbons (Fsp3) is 0.545. The maximum Gasteiger partial charge on any atom is 0.293 e. The minimum absolute atomic E-state index is 0.177. The standard InChI is InChI=1S/C11H14N4O2/c1-13-8-7(12-9(13)6-4-5-6)10(16)14(2)15(3)11(8)17/h6H,4-5H2,1-3H3. The molecule has 0 spiro atoms. The second-order valence-corrected chi connectivity index (χ2v) is 4.66. The molecule has 6 heteroatoms. The van der Waals surface area contributed by atoms with Gasteiger partial charge >= 0.3 is 0 Å². The molecular formula is C11H14N4O2. The predicted molar refractivity (Wildman–Crippen MR) is 63.2 cm³/mol. The number of rotatable bonds is 1. The first-order valence-electron chi connectivity index (χ1n) is 5.65. The van der Waals surface area contributed by atoms with Crippen LogP contribution in [0.3, 0.4) is 0 Å². The third kappa shape index (κ3) is 1.23. The summed E-state index contributed by atoms with van der Waals surface area (Å²) in [4.78, 5) is 28.5. The van der Waals surface area contributed by atoms with Gasteiger partial charge in [0.05, 0.1) is 0 Å². The number of imidazole rings is 1. The lowest BCUT2D eigenvalue weighted by molar-refractivity contribution is 0.540. The van der Waals surface area contributed by atoms with E-state index < -0.39 is 0 Å². The summed E-state index contributed by atoms with van der Waals surface area (Å²) in [5, 5.41) is 0. The van der Waals surface area contributed by atoms with Crippen LogP contribution in [0.5, 0.6) is 0 Å². The third-order valence-corrected chi connectivity index (χ3v) is 3.52. The Kier molecular flexibility index (Phi) is 1.87. The highest BCUT2D eigenvalue weighted by Gasteiger charge is 2.30. The lowest BCUT2D eigenvalue weighted by Crippen LogP contribution is -2.35. The van der Waals surface area contributed by atoms with Crippen LogP contribution in [0, 0.1) is 0 Å². The lowest BCUT2D eigenvalue weighted by atomic mass is 10.4. The van der Waals surface area contributed by atoms with Gasteiger partial charge in [-0.2, -0.15) is 0 Å². The molecule has 3 rings (SSSR count). The Morgan fingerprint density at radius 2 is 1.65 bits per heavy atom. The summed E-state index contributed by atoms with van der Waals surface area (Å²) in [6.07, 6.45) is 2.19. The molecule has 17 heavy (non-hydrogen) atoms. The van der Waals surface area contributed by atoms with E-state index in [1.807, 2.05) is 7.05 Å². The van der Waals surface area contributed by atoms with E-state index in [0.29, 0.717) is 17.0 Å². The molecular weight excluding hydrogens is 220 g/mol. The van der Waals surface area contributed by atoms with E-state index in [9.17, 15) is 9.59 Å². The van der Waals surface area contributed by atoms with Crippen molar-refractivity contribution >= 4 is 11.0 Å². The summed E-state index contributed by atoms with van der Waals surface area (Å²) >= 11 is 0. The molecule has 2 aromatic rings. The minimum atomic E-state index is -0.218. The van der Waals surface area contributed by atoms with E-state index in [1.165, 1.54) is 9.36 Å². The number of nitrogens with zero attached hydrogens (tertiary/aromatic N) is 4. The molecule has 2 heterocycles. The van der Waals surface area contributed by atoms with Gasteiger partial charge in [0.1, 0.15) is 11.3 Å². The first-order chi connectivity index (χ1) is 8.02. The quantitative estimate of drug-likeness (QED) is 0.689. The van der Waals surface area contributed by atoms with Gasteiger partial charge in [-0.05, 0) is 12.8 Å². The largest absolute Gasteiger partial charge is 0.326 e. The zero-order chi connectivity index (χ0) is 12.3. The fourth-order valence-electron chi connectivity index (χ4n) is 2.20. The van der Waals surface area contributed by atoms with E-state index >= 15 is 0 Å². The van der Waals surface area contributed by atoms with Crippen molar-refractivity contribution < 1.29 is 0 Å². The van der Waals surface area contributed by atoms with Crippen LogP contribution >= 0.6 is 0 Å². The van der Waals surface area contributed by atoms with Gasteiger partial charge in [-0.1, -0.05) is 0 Å². The van der Waals surface area contributed by atoms with Crippen molar-refractivity contribution in [1.82, 2.24) is 18.9 Å². The molecule has 1 aliphatic rings. The first-order valence-corrected chi connectivity index (χ1v) is 5.65. The molecule has 0 saturated heterocycles. The summed E-state index contributed by atoms with van der Waals surface area (Å²) in [7, 11) is 4.98. The lowest BCUT2D eigenvalue weighted by Gasteiger charge is -2.05. The molecule has 1 aliphatic carbocycles. The minimum Gasteiger partial charge on any atom is -0.326 e. The van der Waals surface area contributed by atoms with Crippen LogP contribution in [0.15, 0.2) is 9.59 Å². The van der Waals surface area contributed by atoms with E-state index in [-0.39, 0.29) is 11.1 Å². The Labute approximate surface area is 97.1 Å². The molecule has 1 saturated carbocycles. The van der Waals surface area contributed by atoms with E-state index in [2.05, 4.69) is 4.98 Å². The average Bonchev–Trinajstić information content (AvgIpc) is 3.08. The van der Waals surface area contributed by atoms with Crippen molar-refractivity contribution in [3.63, 3.8) is 0 Å². The molecule has 0 radical (unpaired) electrons. The summed E-state index contributed by atoms with van der Waals surface area (Å²) in [6, 6.07) is 0. The normalized spacial score (nSPS) is 15.7. The number of aromatic nitrogens is 4. The van der Waals surface area contributed by atoms with Crippen molar-refractivity contribution in [2.75, 3.05) is 0 Å². The van der Waals surface area contributed by atoms with Crippen LogP contribution in [-0.4, -0.2) is 18.9 Å². The molecule has 0 unspecified atom stereocenters. The van der Waals surface area contributed by atoms with E-state index in [0.717, 1.165) is 18.7 Å². The molecule has 2 aromatic heterocycles. The summed E-state index contributed by atoms with van der Waals surface area (Å²) in [5.74, 6) is 1.28. The summed E-state index contributed by atoms with van der Waals surface area (Å²) in [6.45, 7) is 0. The van der Waals surface area contributed by atoms with Crippen LogP contribution in [-0.2, 0) is 21.1 Å². The van der Waals surface area contributed by atoms with Crippen LogP contribution in [0.4, 0.5) is 0 Å². The second-order valence-electron chi connectivity index (χ2n) is 4.66. The molecule has 0 atom stereocenters. The highest BCUT2D eigenvalue weighted by Crippen LogP contribution is 2.39. The zero-order valence-corrected chi connectivity index (χ0v) is 10.1. The number of hydrogen-bond acceptors (Lipinski definition) is 3. The fourth-order valence-corrected chi connectivity index (χ4v) is 2.20. The highest BCUT2D eigenvalue weighted by atomic mass is 16.2. The van der Waals surface area contributed by atoms with Gasteiger partial charge in [0.25, 0.3) is 11.1 Å². The van der Waals surface area contributed by atoms with Gasteiger partial charge in [0.15, 0.2) is 5.52 Å². The van der Waals surface area contributed by atoms with Crippen LogP contribution in [0.1, 0.15) is 24.6 Å². The number of fused-ring (bicyclic) bond motifs is 1. The van der Waals surface area contributed by atoms with Crippen molar-refractivity contribution in [3.8, 4) is 0 Å². The molecule has 90 valence electrons. The molecule has 0 amide bonds. The Morgan fingerprint density at radius 3 is 2.24 bits per heavy atom. The monoisotopic (exact) mass is 234 g/mol. The Hall–Kier alpha value is -1.85. The molecule has 1 fully saturated rings. The average molecular weight is 234 g/mol. The van der Waals surface area contributed by atoms with Gasteiger partial charge < -0.3 is 4.57 Å². The topological polar surface area (TPSA) is 61.8 Å². The van der Waals surface area contributed by atoms with Gasteiger partial charge in [-0.3, -0.25) is 9.59 Å². The second kappa shape index (κ2) is 3.09. The maximum atomic E-state index is 12.1. The Bertz CT molecular complexity index is 730. The summed E-state index contributed by atoms with van der Waals surface area (Å²) in [5.41, 5.74) is 0.311. The molecule has 0 aromatic carbocycles. The Balaban J connectivity index is 2.53. The van der Waals surface area contributed by atoms with Gasteiger partial charge in [0.2, 0.25) is 0 Å². The zero-order valence-electron chi connectivity index (χ0n) is 10.1. The van der Waals surface area contributed by atoms with Crippen molar-refractivity contribution in [1.29, 1.82) is 0 Å². The van der Waals surface area contributed by atoms with Crippen molar-refractivity contribution in [2.45, 2.75) is 18.8 Å².